The van der Waals surface area contributed by atoms with Crippen LogP contribution in [0.4, 0.5) is 17.1 Å². The highest BCUT2D eigenvalue weighted by Gasteiger charge is 2.36. The zero-order chi connectivity index (χ0) is 36.0. The molecule has 1 aliphatic carbocycles. The predicted octanol–water partition coefficient (Wildman–Crippen LogP) is 14.0. The topological polar surface area (TPSA) is 42.4 Å². The Balaban J connectivity index is 1.19. The Morgan fingerprint density at radius 1 is 0.481 bits per heavy atom. The SMILES string of the molecule is CC1(C)c2ccccc2-c2ccc(N(c3ccc(-c4cccc5ccccc45)cc3)c3c4oc(-c5ccccc5)nc4cc4c3oc3ccccc34)cc21. The lowest BCUT2D eigenvalue weighted by Gasteiger charge is -2.28. The fourth-order valence-electron chi connectivity index (χ4n) is 8.64. The fraction of sp³-hybridized carbons (Fsp3) is 0.0600. The van der Waals surface area contributed by atoms with Crippen LogP contribution in [-0.2, 0) is 5.41 Å². The largest absolute Gasteiger partial charge is 0.454 e. The number of furan rings is 1. The maximum absolute atomic E-state index is 6.83. The number of hydrogen-bond acceptors (Lipinski definition) is 4. The molecular weight excluding hydrogens is 661 g/mol. The van der Waals surface area contributed by atoms with E-state index in [0.29, 0.717) is 11.5 Å². The zero-order valence-electron chi connectivity index (χ0n) is 29.9. The monoisotopic (exact) mass is 694 g/mol. The Morgan fingerprint density at radius 3 is 2.04 bits per heavy atom. The van der Waals surface area contributed by atoms with E-state index < -0.39 is 0 Å². The van der Waals surface area contributed by atoms with Gasteiger partial charge in [-0.25, -0.2) is 4.98 Å². The third-order valence-corrected chi connectivity index (χ3v) is 11.3. The fourth-order valence-corrected chi connectivity index (χ4v) is 8.64. The number of aromatic nitrogens is 1. The van der Waals surface area contributed by atoms with Crippen molar-refractivity contribution in [2.45, 2.75) is 19.3 Å². The van der Waals surface area contributed by atoms with Crippen molar-refractivity contribution in [2.24, 2.45) is 0 Å². The molecule has 0 bridgehead atoms. The summed E-state index contributed by atoms with van der Waals surface area (Å²) in [6.07, 6.45) is 0. The van der Waals surface area contributed by atoms with Crippen molar-refractivity contribution in [3.05, 3.63) is 181 Å². The second-order valence-electron chi connectivity index (χ2n) is 14.7. The summed E-state index contributed by atoms with van der Waals surface area (Å²) in [5.41, 5.74) is 14.1. The van der Waals surface area contributed by atoms with Gasteiger partial charge in [0.15, 0.2) is 11.2 Å². The van der Waals surface area contributed by atoms with Crippen LogP contribution in [0.3, 0.4) is 0 Å². The van der Waals surface area contributed by atoms with Crippen molar-refractivity contribution in [3.63, 3.8) is 0 Å². The number of rotatable bonds is 5. The highest BCUT2D eigenvalue weighted by atomic mass is 16.4. The van der Waals surface area contributed by atoms with Crippen LogP contribution in [0, 0.1) is 0 Å². The van der Waals surface area contributed by atoms with Crippen LogP contribution in [0.15, 0.2) is 179 Å². The molecule has 4 heteroatoms. The smallest absolute Gasteiger partial charge is 0.227 e. The lowest BCUT2D eigenvalue weighted by atomic mass is 9.82. The minimum Gasteiger partial charge on any atom is -0.454 e. The number of benzene rings is 8. The molecule has 10 aromatic rings. The molecule has 0 radical (unpaired) electrons. The van der Waals surface area contributed by atoms with Crippen LogP contribution in [0.1, 0.15) is 25.0 Å². The Hall–Kier alpha value is -6.91. The van der Waals surface area contributed by atoms with Crippen molar-refractivity contribution in [3.8, 4) is 33.7 Å². The van der Waals surface area contributed by atoms with Crippen LogP contribution in [0.2, 0.25) is 0 Å². The molecule has 0 N–H and O–H groups in total. The van der Waals surface area contributed by atoms with E-state index in [1.807, 2.05) is 42.5 Å². The van der Waals surface area contributed by atoms with E-state index in [1.54, 1.807) is 0 Å². The minimum atomic E-state index is -0.181. The van der Waals surface area contributed by atoms with E-state index in [-0.39, 0.29) is 5.41 Å². The van der Waals surface area contributed by atoms with Gasteiger partial charge in [0, 0.05) is 33.1 Å². The first-order valence-electron chi connectivity index (χ1n) is 18.5. The van der Waals surface area contributed by atoms with Crippen molar-refractivity contribution in [1.82, 2.24) is 4.98 Å². The van der Waals surface area contributed by atoms with Gasteiger partial charge in [0.25, 0.3) is 0 Å². The molecule has 11 rings (SSSR count). The molecule has 2 aromatic heterocycles. The third kappa shape index (κ3) is 4.53. The molecule has 0 saturated carbocycles. The normalized spacial score (nSPS) is 13.1. The molecule has 256 valence electrons. The van der Waals surface area contributed by atoms with Crippen LogP contribution in [0.25, 0.3) is 77.5 Å². The summed E-state index contributed by atoms with van der Waals surface area (Å²) in [4.78, 5) is 7.41. The lowest BCUT2D eigenvalue weighted by molar-refractivity contribution is 0.618. The maximum atomic E-state index is 6.83. The van der Waals surface area contributed by atoms with Gasteiger partial charge in [-0.15, -0.1) is 0 Å². The van der Waals surface area contributed by atoms with Crippen LogP contribution < -0.4 is 4.90 Å². The first-order chi connectivity index (χ1) is 26.5. The summed E-state index contributed by atoms with van der Waals surface area (Å²) in [7, 11) is 0. The van der Waals surface area contributed by atoms with Gasteiger partial charge in [-0.3, -0.25) is 0 Å². The van der Waals surface area contributed by atoms with Crippen LogP contribution in [0.5, 0.6) is 0 Å². The molecule has 0 spiro atoms. The molecule has 0 saturated heterocycles. The van der Waals surface area contributed by atoms with Gasteiger partial charge in [0.1, 0.15) is 16.8 Å². The van der Waals surface area contributed by atoms with Crippen molar-refractivity contribution in [2.75, 3.05) is 4.90 Å². The van der Waals surface area contributed by atoms with Crippen molar-refractivity contribution in [1.29, 1.82) is 0 Å². The Bertz CT molecular complexity index is 3070. The number of hydrogen-bond donors (Lipinski definition) is 0. The van der Waals surface area contributed by atoms with Gasteiger partial charge in [0.2, 0.25) is 5.89 Å². The number of para-hydroxylation sites is 1. The first kappa shape index (κ1) is 30.7. The van der Waals surface area contributed by atoms with E-state index in [1.165, 1.54) is 38.6 Å². The van der Waals surface area contributed by atoms with Gasteiger partial charge >= 0.3 is 0 Å². The average molecular weight is 695 g/mol. The Kier molecular flexibility index (Phi) is 6.56. The summed E-state index contributed by atoms with van der Waals surface area (Å²) in [6, 6.07) is 60.0. The molecule has 8 aromatic carbocycles. The van der Waals surface area contributed by atoms with E-state index in [0.717, 1.165) is 55.6 Å². The molecule has 1 aliphatic rings. The molecule has 0 amide bonds. The van der Waals surface area contributed by atoms with Crippen molar-refractivity contribution < 1.29 is 8.83 Å². The number of fused-ring (bicyclic) bond motifs is 8. The quantitative estimate of drug-likeness (QED) is 0.180. The molecule has 0 atom stereocenters. The Labute approximate surface area is 312 Å². The summed E-state index contributed by atoms with van der Waals surface area (Å²) >= 11 is 0. The van der Waals surface area contributed by atoms with Gasteiger partial charge < -0.3 is 13.7 Å². The predicted molar refractivity (Wildman–Crippen MR) is 222 cm³/mol. The van der Waals surface area contributed by atoms with Gasteiger partial charge in [-0.2, -0.15) is 0 Å². The van der Waals surface area contributed by atoms with Crippen molar-refractivity contribution >= 4 is 60.9 Å². The molecule has 0 unspecified atom stereocenters. The maximum Gasteiger partial charge on any atom is 0.227 e. The summed E-state index contributed by atoms with van der Waals surface area (Å²) < 4.78 is 13.7. The average Bonchev–Trinajstić information content (AvgIpc) is 3.89. The van der Waals surface area contributed by atoms with Gasteiger partial charge in [-0.05, 0) is 92.7 Å². The second kappa shape index (κ2) is 11.5. The standard InChI is InChI=1S/C50H34N2O2/c1-50(2)42-21-10-8-18-38(42)39-28-27-35(29-43(39)50)52(34-25-23-32(24-26-34)37-20-12-16-31-13-6-7-17-36(31)37)46-47-41(40-19-9-11-22-45(40)53-47)30-44-48(46)54-49(51-44)33-14-4-3-5-15-33/h3-30H,1-2H3. The first-order valence-corrected chi connectivity index (χ1v) is 18.5. The lowest BCUT2D eigenvalue weighted by Crippen LogP contribution is -2.16. The zero-order valence-corrected chi connectivity index (χ0v) is 29.9. The third-order valence-electron chi connectivity index (χ3n) is 11.3. The summed E-state index contributed by atoms with van der Waals surface area (Å²) in [6.45, 7) is 4.65. The number of oxazole rings is 1. The van der Waals surface area contributed by atoms with Crippen LogP contribution in [-0.4, -0.2) is 4.98 Å². The molecule has 4 nitrogen and oxygen atoms in total. The van der Waals surface area contributed by atoms with Gasteiger partial charge in [0.05, 0.1) is 0 Å². The Morgan fingerprint density at radius 2 is 1.17 bits per heavy atom. The van der Waals surface area contributed by atoms with E-state index in [2.05, 4.69) is 146 Å². The highest BCUT2D eigenvalue weighted by Crippen LogP contribution is 2.52. The minimum absolute atomic E-state index is 0.181. The molecule has 0 aliphatic heterocycles. The summed E-state index contributed by atoms with van der Waals surface area (Å²) in [5.74, 6) is 0.570. The van der Waals surface area contributed by atoms with Gasteiger partial charge in [-0.1, -0.05) is 135 Å². The van der Waals surface area contributed by atoms with E-state index in [9.17, 15) is 0 Å². The number of nitrogens with zero attached hydrogens (tertiary/aromatic N) is 2. The van der Waals surface area contributed by atoms with E-state index in [4.69, 9.17) is 13.8 Å². The van der Waals surface area contributed by atoms with Crippen LogP contribution >= 0.6 is 0 Å². The number of anilines is 3. The highest BCUT2D eigenvalue weighted by molar-refractivity contribution is 6.17. The molecular formula is C50H34N2O2. The van der Waals surface area contributed by atoms with E-state index >= 15 is 0 Å². The molecule has 54 heavy (non-hydrogen) atoms. The summed E-state index contributed by atoms with van der Waals surface area (Å²) in [5, 5.41) is 4.49. The molecule has 2 heterocycles. The second-order valence-corrected chi connectivity index (χ2v) is 14.7. The molecule has 0 fully saturated rings.